The Balaban J connectivity index is 2.56. The number of amides is 1. The van der Waals surface area contributed by atoms with Gasteiger partial charge in [0.2, 0.25) is 5.91 Å². The van der Waals surface area contributed by atoms with E-state index in [9.17, 15) is 4.79 Å². The van der Waals surface area contributed by atoms with E-state index in [-0.39, 0.29) is 28.8 Å². The van der Waals surface area contributed by atoms with E-state index in [0.29, 0.717) is 6.54 Å². The molecule has 1 amide bonds. The SMILES string of the molecule is CC(C)C(C(=O)N(C)CC1CCCO1)C(N)=S. The smallest absolute Gasteiger partial charge is 0.232 e. The first-order valence-electron chi connectivity index (χ1n) is 6.09. The van der Waals surface area contributed by atoms with Crippen molar-refractivity contribution in [2.75, 3.05) is 20.2 Å². The van der Waals surface area contributed by atoms with Gasteiger partial charge in [0.15, 0.2) is 0 Å². The normalized spacial score (nSPS) is 21.5. The van der Waals surface area contributed by atoms with Gasteiger partial charge in [0.25, 0.3) is 0 Å². The topological polar surface area (TPSA) is 55.6 Å². The molecule has 2 atom stereocenters. The Morgan fingerprint density at radius 1 is 1.59 bits per heavy atom. The number of carbonyl (C=O) groups is 1. The molecule has 4 nitrogen and oxygen atoms in total. The second-order valence-corrected chi connectivity index (χ2v) is 5.45. The van der Waals surface area contributed by atoms with Gasteiger partial charge in [-0.2, -0.15) is 0 Å². The summed E-state index contributed by atoms with van der Waals surface area (Å²) in [5, 5.41) is 0. The molecule has 5 heteroatoms. The van der Waals surface area contributed by atoms with Crippen molar-refractivity contribution < 1.29 is 9.53 Å². The van der Waals surface area contributed by atoms with Gasteiger partial charge in [-0.3, -0.25) is 4.79 Å². The molecule has 2 unspecified atom stereocenters. The van der Waals surface area contributed by atoms with E-state index < -0.39 is 0 Å². The molecule has 17 heavy (non-hydrogen) atoms. The number of likely N-dealkylation sites (N-methyl/N-ethyl adjacent to an activating group) is 1. The van der Waals surface area contributed by atoms with Crippen LogP contribution in [0.25, 0.3) is 0 Å². The monoisotopic (exact) mass is 258 g/mol. The van der Waals surface area contributed by atoms with E-state index >= 15 is 0 Å². The summed E-state index contributed by atoms with van der Waals surface area (Å²) >= 11 is 4.97. The van der Waals surface area contributed by atoms with Crippen LogP contribution < -0.4 is 5.73 Å². The summed E-state index contributed by atoms with van der Waals surface area (Å²) in [6.07, 6.45) is 2.27. The maximum atomic E-state index is 12.2. The Hall–Kier alpha value is -0.680. The number of nitrogens with two attached hydrogens (primary N) is 1. The molecular weight excluding hydrogens is 236 g/mol. The number of ether oxygens (including phenoxy) is 1. The molecule has 0 bridgehead atoms. The molecule has 0 spiro atoms. The minimum absolute atomic E-state index is 0.00278. The van der Waals surface area contributed by atoms with Gasteiger partial charge < -0.3 is 15.4 Å². The van der Waals surface area contributed by atoms with Crippen LogP contribution in [0.2, 0.25) is 0 Å². The maximum Gasteiger partial charge on any atom is 0.232 e. The minimum atomic E-state index is -0.364. The zero-order valence-corrected chi connectivity index (χ0v) is 11.6. The molecule has 1 rings (SSSR count). The van der Waals surface area contributed by atoms with Gasteiger partial charge in [0.1, 0.15) is 0 Å². The van der Waals surface area contributed by atoms with Gasteiger partial charge >= 0.3 is 0 Å². The molecule has 0 aromatic rings. The van der Waals surface area contributed by atoms with Crippen molar-refractivity contribution in [2.45, 2.75) is 32.8 Å². The van der Waals surface area contributed by atoms with Crippen LogP contribution in [-0.2, 0) is 9.53 Å². The average molecular weight is 258 g/mol. The van der Waals surface area contributed by atoms with Gasteiger partial charge in [-0.05, 0) is 18.8 Å². The fraction of sp³-hybridized carbons (Fsp3) is 0.833. The zero-order valence-electron chi connectivity index (χ0n) is 10.8. The van der Waals surface area contributed by atoms with Crippen molar-refractivity contribution in [3.05, 3.63) is 0 Å². The lowest BCUT2D eigenvalue weighted by atomic mass is 9.94. The lowest BCUT2D eigenvalue weighted by Crippen LogP contribution is -2.44. The number of hydrogen-bond donors (Lipinski definition) is 1. The third-order valence-corrected chi connectivity index (χ3v) is 3.37. The molecule has 1 fully saturated rings. The lowest BCUT2D eigenvalue weighted by Gasteiger charge is -2.27. The van der Waals surface area contributed by atoms with Gasteiger partial charge in [0.05, 0.1) is 17.0 Å². The maximum absolute atomic E-state index is 12.2. The lowest BCUT2D eigenvalue weighted by molar-refractivity contribution is -0.134. The summed E-state index contributed by atoms with van der Waals surface area (Å²) in [5.41, 5.74) is 5.64. The van der Waals surface area contributed by atoms with Gasteiger partial charge in [-0.1, -0.05) is 26.1 Å². The Morgan fingerprint density at radius 2 is 2.24 bits per heavy atom. The summed E-state index contributed by atoms with van der Waals surface area (Å²) < 4.78 is 5.52. The number of hydrogen-bond acceptors (Lipinski definition) is 3. The first-order chi connectivity index (χ1) is 7.93. The number of carbonyl (C=O) groups excluding carboxylic acids is 1. The van der Waals surface area contributed by atoms with Crippen molar-refractivity contribution in [1.82, 2.24) is 4.90 Å². The van der Waals surface area contributed by atoms with E-state index in [4.69, 9.17) is 22.7 Å². The predicted molar refractivity (Wildman–Crippen MR) is 71.7 cm³/mol. The molecular formula is C12H22N2O2S. The van der Waals surface area contributed by atoms with Gasteiger partial charge in [0, 0.05) is 20.2 Å². The summed E-state index contributed by atoms with van der Waals surface area (Å²) in [5.74, 6) is -0.230. The molecule has 1 aliphatic rings. The van der Waals surface area contributed by atoms with Crippen LogP contribution >= 0.6 is 12.2 Å². The molecule has 0 radical (unpaired) electrons. The largest absolute Gasteiger partial charge is 0.393 e. The fourth-order valence-electron chi connectivity index (χ4n) is 2.16. The summed E-state index contributed by atoms with van der Waals surface area (Å²) in [4.78, 5) is 14.2. The Kier molecular flexibility index (Phi) is 5.33. The first-order valence-corrected chi connectivity index (χ1v) is 6.50. The number of thiocarbonyl (C=S) groups is 1. The summed E-state index contributed by atoms with van der Waals surface area (Å²) in [6.45, 7) is 5.35. The van der Waals surface area contributed by atoms with E-state index in [0.717, 1.165) is 19.4 Å². The highest BCUT2D eigenvalue weighted by atomic mass is 32.1. The third kappa shape index (κ3) is 3.92. The highest BCUT2D eigenvalue weighted by Gasteiger charge is 2.29. The fourth-order valence-corrected chi connectivity index (χ4v) is 2.53. The number of nitrogens with zero attached hydrogens (tertiary/aromatic N) is 1. The van der Waals surface area contributed by atoms with Crippen molar-refractivity contribution in [3.63, 3.8) is 0 Å². The Morgan fingerprint density at radius 3 is 2.65 bits per heavy atom. The van der Waals surface area contributed by atoms with E-state index in [2.05, 4.69) is 0 Å². The highest BCUT2D eigenvalue weighted by molar-refractivity contribution is 7.80. The van der Waals surface area contributed by atoms with Crippen LogP contribution in [0, 0.1) is 11.8 Å². The van der Waals surface area contributed by atoms with Crippen LogP contribution in [0.1, 0.15) is 26.7 Å². The van der Waals surface area contributed by atoms with Gasteiger partial charge in [-0.25, -0.2) is 0 Å². The Bertz CT molecular complexity index is 288. The molecule has 0 aliphatic carbocycles. The third-order valence-electron chi connectivity index (χ3n) is 3.12. The van der Waals surface area contributed by atoms with Crippen LogP contribution in [0.15, 0.2) is 0 Å². The van der Waals surface area contributed by atoms with Crippen LogP contribution in [0.4, 0.5) is 0 Å². The summed E-state index contributed by atoms with van der Waals surface area (Å²) in [6, 6.07) is 0. The molecule has 0 aromatic heterocycles. The van der Waals surface area contributed by atoms with E-state index in [1.54, 1.807) is 11.9 Å². The zero-order chi connectivity index (χ0) is 13.0. The summed E-state index contributed by atoms with van der Waals surface area (Å²) in [7, 11) is 1.79. The minimum Gasteiger partial charge on any atom is -0.393 e. The molecule has 98 valence electrons. The quantitative estimate of drug-likeness (QED) is 0.752. The molecule has 1 aliphatic heterocycles. The van der Waals surface area contributed by atoms with Crippen LogP contribution in [0.3, 0.4) is 0 Å². The second kappa shape index (κ2) is 6.31. The number of rotatable bonds is 5. The van der Waals surface area contributed by atoms with Crippen molar-refractivity contribution >= 4 is 23.1 Å². The Labute approximate surface area is 108 Å². The second-order valence-electron chi connectivity index (χ2n) is 4.98. The molecule has 0 saturated carbocycles. The van der Waals surface area contributed by atoms with Crippen molar-refractivity contribution in [3.8, 4) is 0 Å². The molecule has 2 N–H and O–H groups in total. The highest BCUT2D eigenvalue weighted by Crippen LogP contribution is 2.17. The standard InChI is InChI=1S/C12H22N2O2S/c1-8(2)10(11(13)17)12(15)14(3)7-9-5-4-6-16-9/h8-10H,4-7H2,1-3H3,(H2,13,17). The van der Waals surface area contributed by atoms with Gasteiger partial charge in [-0.15, -0.1) is 0 Å². The average Bonchev–Trinajstić information content (AvgIpc) is 2.68. The van der Waals surface area contributed by atoms with E-state index in [1.807, 2.05) is 13.8 Å². The first kappa shape index (κ1) is 14.4. The molecule has 1 saturated heterocycles. The van der Waals surface area contributed by atoms with E-state index in [1.165, 1.54) is 0 Å². The van der Waals surface area contributed by atoms with Crippen molar-refractivity contribution in [1.29, 1.82) is 0 Å². The van der Waals surface area contributed by atoms with Crippen molar-refractivity contribution in [2.24, 2.45) is 17.6 Å². The molecule has 0 aromatic carbocycles. The predicted octanol–water partition coefficient (Wildman–Crippen LogP) is 1.18. The molecule has 1 heterocycles. The van der Waals surface area contributed by atoms with Crippen LogP contribution in [0.5, 0.6) is 0 Å². The van der Waals surface area contributed by atoms with Crippen LogP contribution in [-0.4, -0.2) is 42.1 Å².